The maximum atomic E-state index is 12.3. The van der Waals surface area contributed by atoms with Crippen LogP contribution in [-0.2, 0) is 16.0 Å². The number of nitrogens with one attached hydrogen (secondary N) is 2. The van der Waals surface area contributed by atoms with Crippen LogP contribution < -0.4 is 5.32 Å². The average molecular weight is 344 g/mol. The number of hydrogen-bond acceptors (Lipinski definition) is 4. The molecular weight excluding hydrogens is 316 g/mol. The summed E-state index contributed by atoms with van der Waals surface area (Å²) < 4.78 is 5.10. The summed E-state index contributed by atoms with van der Waals surface area (Å²) in [4.78, 5) is 22.6. The number of aryl methyl sites for hydroxylation is 2. The largest absolute Gasteiger partial charge is 0.383 e. The average Bonchev–Trinajstić information content (AvgIpc) is 3.20. The first-order valence-corrected chi connectivity index (χ1v) is 9.01. The van der Waals surface area contributed by atoms with Crippen LogP contribution in [0, 0.1) is 19.8 Å². The Morgan fingerprint density at radius 2 is 2.20 bits per heavy atom. The molecule has 1 aliphatic heterocycles. The molecule has 1 fully saturated rings. The van der Waals surface area contributed by atoms with Crippen molar-refractivity contribution in [2.45, 2.75) is 26.7 Å². The highest BCUT2D eigenvalue weighted by atomic mass is 16.5. The van der Waals surface area contributed by atoms with Gasteiger partial charge in [0.2, 0.25) is 5.91 Å². The van der Waals surface area contributed by atoms with Gasteiger partial charge in [0.1, 0.15) is 5.82 Å². The molecule has 1 saturated heterocycles. The third kappa shape index (κ3) is 4.38. The zero-order chi connectivity index (χ0) is 17.8. The van der Waals surface area contributed by atoms with E-state index in [0.717, 1.165) is 55.9 Å². The maximum absolute atomic E-state index is 12.3. The predicted octanol–water partition coefficient (Wildman–Crippen LogP) is 1.81. The molecular formula is C19H28N4O2. The quantitative estimate of drug-likeness (QED) is 0.804. The van der Waals surface area contributed by atoms with Crippen LogP contribution in [0.25, 0.3) is 11.0 Å². The van der Waals surface area contributed by atoms with Crippen LogP contribution in [0.3, 0.4) is 0 Å². The number of nitrogens with zero attached hydrogens (tertiary/aromatic N) is 2. The number of aromatic nitrogens is 2. The van der Waals surface area contributed by atoms with Crippen LogP contribution in [0.5, 0.6) is 0 Å². The molecule has 25 heavy (non-hydrogen) atoms. The van der Waals surface area contributed by atoms with Gasteiger partial charge >= 0.3 is 0 Å². The fraction of sp³-hybridized carbons (Fsp3) is 0.579. The highest BCUT2D eigenvalue weighted by Gasteiger charge is 2.27. The lowest BCUT2D eigenvalue weighted by Gasteiger charge is -2.15. The Morgan fingerprint density at radius 3 is 3.00 bits per heavy atom. The highest BCUT2D eigenvalue weighted by molar-refractivity contribution is 5.79. The van der Waals surface area contributed by atoms with Crippen molar-refractivity contribution >= 4 is 16.9 Å². The van der Waals surface area contributed by atoms with Crippen molar-refractivity contribution in [3.63, 3.8) is 0 Å². The summed E-state index contributed by atoms with van der Waals surface area (Å²) in [6.45, 7) is 8.25. The number of likely N-dealkylation sites (tertiary alicyclic amines) is 1. The molecule has 136 valence electrons. The Kier molecular flexibility index (Phi) is 5.71. The van der Waals surface area contributed by atoms with Crippen molar-refractivity contribution in [1.29, 1.82) is 0 Å². The fourth-order valence-electron chi connectivity index (χ4n) is 3.36. The molecule has 2 N–H and O–H groups in total. The van der Waals surface area contributed by atoms with Gasteiger partial charge in [-0.15, -0.1) is 0 Å². The van der Waals surface area contributed by atoms with Crippen molar-refractivity contribution in [2.24, 2.45) is 5.92 Å². The second-order valence-corrected chi connectivity index (χ2v) is 6.96. The van der Waals surface area contributed by atoms with Crippen molar-refractivity contribution < 1.29 is 9.53 Å². The molecule has 6 heteroatoms. The van der Waals surface area contributed by atoms with Gasteiger partial charge in [0, 0.05) is 33.2 Å². The predicted molar refractivity (Wildman–Crippen MR) is 98.7 cm³/mol. The smallest absolute Gasteiger partial charge is 0.224 e. The summed E-state index contributed by atoms with van der Waals surface area (Å²) in [6, 6.07) is 4.24. The van der Waals surface area contributed by atoms with Crippen molar-refractivity contribution in [3.05, 3.63) is 29.1 Å². The monoisotopic (exact) mass is 344 g/mol. The zero-order valence-corrected chi connectivity index (χ0v) is 15.4. The first kappa shape index (κ1) is 17.9. The molecule has 1 aromatic heterocycles. The molecule has 0 radical (unpaired) electrons. The van der Waals surface area contributed by atoms with E-state index in [-0.39, 0.29) is 11.8 Å². The van der Waals surface area contributed by atoms with Gasteiger partial charge in [0.15, 0.2) is 0 Å². The topological polar surface area (TPSA) is 70.2 Å². The van der Waals surface area contributed by atoms with Gasteiger partial charge in [-0.1, -0.05) is 0 Å². The Balaban J connectivity index is 1.47. The molecule has 1 amide bonds. The van der Waals surface area contributed by atoms with E-state index >= 15 is 0 Å². The second-order valence-electron chi connectivity index (χ2n) is 6.96. The summed E-state index contributed by atoms with van der Waals surface area (Å²) in [5.74, 6) is 1.17. The van der Waals surface area contributed by atoms with Crippen LogP contribution >= 0.6 is 0 Å². The number of benzene rings is 1. The van der Waals surface area contributed by atoms with Crippen LogP contribution in [0.15, 0.2) is 12.1 Å². The van der Waals surface area contributed by atoms with Crippen LogP contribution in [0.2, 0.25) is 0 Å². The summed E-state index contributed by atoms with van der Waals surface area (Å²) in [7, 11) is 1.71. The van der Waals surface area contributed by atoms with Gasteiger partial charge in [-0.3, -0.25) is 4.79 Å². The normalized spacial score (nSPS) is 18.1. The van der Waals surface area contributed by atoms with Crippen molar-refractivity contribution in [2.75, 3.05) is 39.9 Å². The molecule has 0 aliphatic carbocycles. The Hall–Kier alpha value is -1.92. The van der Waals surface area contributed by atoms with Crippen molar-refractivity contribution in [3.8, 4) is 0 Å². The van der Waals surface area contributed by atoms with E-state index in [9.17, 15) is 4.79 Å². The Morgan fingerprint density at radius 1 is 1.40 bits per heavy atom. The summed E-state index contributed by atoms with van der Waals surface area (Å²) >= 11 is 0. The maximum Gasteiger partial charge on any atom is 0.224 e. The third-order valence-corrected chi connectivity index (χ3v) is 5.06. The molecule has 3 rings (SSSR count). The lowest BCUT2D eigenvalue weighted by atomic mass is 10.1. The van der Waals surface area contributed by atoms with Gasteiger partial charge in [0.25, 0.3) is 0 Å². The molecule has 1 unspecified atom stereocenters. The summed E-state index contributed by atoms with van der Waals surface area (Å²) in [5, 5.41) is 3.06. The van der Waals surface area contributed by atoms with Crippen LogP contribution in [0.4, 0.5) is 0 Å². The van der Waals surface area contributed by atoms with E-state index in [1.165, 1.54) is 11.1 Å². The van der Waals surface area contributed by atoms with Crippen LogP contribution in [-0.4, -0.2) is 60.7 Å². The van der Waals surface area contributed by atoms with E-state index in [2.05, 4.69) is 46.2 Å². The fourth-order valence-corrected chi connectivity index (χ4v) is 3.36. The molecule has 0 bridgehead atoms. The molecule has 1 aromatic carbocycles. The Labute approximate surface area is 149 Å². The van der Waals surface area contributed by atoms with Gasteiger partial charge in [-0.05, 0) is 50.1 Å². The number of rotatable bonds is 7. The van der Waals surface area contributed by atoms with Crippen molar-refractivity contribution in [1.82, 2.24) is 20.2 Å². The molecule has 0 spiro atoms. The molecule has 1 aliphatic rings. The minimum Gasteiger partial charge on any atom is -0.383 e. The number of aromatic amines is 1. The van der Waals surface area contributed by atoms with E-state index in [1.54, 1.807) is 7.11 Å². The third-order valence-electron chi connectivity index (χ3n) is 5.06. The minimum atomic E-state index is 0.0952. The number of imidazole rings is 1. The number of hydrogen-bond donors (Lipinski definition) is 2. The van der Waals surface area contributed by atoms with Gasteiger partial charge in [-0.25, -0.2) is 4.98 Å². The zero-order valence-electron chi connectivity index (χ0n) is 15.4. The lowest BCUT2D eigenvalue weighted by molar-refractivity contribution is -0.124. The van der Waals surface area contributed by atoms with Gasteiger partial charge in [-0.2, -0.15) is 0 Å². The molecule has 0 saturated carbocycles. The summed E-state index contributed by atoms with van der Waals surface area (Å²) in [5.41, 5.74) is 4.57. The Bertz CT molecular complexity index is 701. The number of carbonyl (C=O) groups excluding carboxylic acids is 1. The summed E-state index contributed by atoms with van der Waals surface area (Å²) in [6.07, 6.45) is 1.65. The number of ether oxygens (including phenoxy) is 1. The first-order valence-electron chi connectivity index (χ1n) is 9.01. The number of methoxy groups -OCH3 is 1. The van der Waals surface area contributed by atoms with E-state index in [0.29, 0.717) is 6.54 Å². The van der Waals surface area contributed by atoms with E-state index < -0.39 is 0 Å². The highest BCUT2D eigenvalue weighted by Crippen LogP contribution is 2.18. The standard InChI is InChI=1S/C19H28N4O2/c1-13-10-16-17(11-14(13)2)22-18(21-16)4-6-20-19(24)15-5-7-23(12-15)8-9-25-3/h10-11,15H,4-9,12H2,1-3H3,(H,20,24)(H,21,22). The number of amides is 1. The first-order chi connectivity index (χ1) is 12.1. The second kappa shape index (κ2) is 7.97. The molecule has 1 atom stereocenters. The van der Waals surface area contributed by atoms with Gasteiger partial charge in [0.05, 0.1) is 23.6 Å². The lowest BCUT2D eigenvalue weighted by Crippen LogP contribution is -2.34. The van der Waals surface area contributed by atoms with E-state index in [4.69, 9.17) is 4.74 Å². The minimum absolute atomic E-state index is 0.0952. The number of carbonyl (C=O) groups is 1. The number of fused-ring (bicyclic) bond motifs is 1. The molecule has 2 heterocycles. The molecule has 2 aromatic rings. The molecule has 6 nitrogen and oxygen atoms in total. The van der Waals surface area contributed by atoms with Gasteiger partial charge < -0.3 is 19.9 Å². The van der Waals surface area contributed by atoms with Crippen LogP contribution in [0.1, 0.15) is 23.4 Å². The number of H-pyrrole nitrogens is 1. The van der Waals surface area contributed by atoms with E-state index in [1.807, 2.05) is 0 Å². The SMILES string of the molecule is COCCN1CCC(C(=O)NCCc2nc3cc(C)c(C)cc3[nH]2)C1.